The maximum absolute atomic E-state index is 13.8. The third-order valence-electron chi connectivity index (χ3n) is 12.1. The number of carbonyl (C=O) groups excluding carboxylic acids is 2. The molecule has 4 aliphatic carbocycles. The number of carbonyl (C=O) groups is 2. The fourth-order valence-electron chi connectivity index (χ4n) is 9.86. The molecule has 0 N–H and O–H groups in total. The van der Waals surface area contributed by atoms with Crippen molar-refractivity contribution in [2.24, 2.45) is 52.3 Å². The lowest BCUT2D eigenvalue weighted by molar-refractivity contribution is -0.171. The molecule has 0 bridgehead atoms. The van der Waals surface area contributed by atoms with Crippen LogP contribution in [0.1, 0.15) is 86.0 Å². The number of hydrogen-bond acceptors (Lipinski definition) is 3. The average molecular weight is 457 g/mol. The maximum Gasteiger partial charge on any atom is 0.228 e. The lowest BCUT2D eigenvalue weighted by atomic mass is 9.44. The molecule has 1 heterocycles. The Morgan fingerprint density at radius 1 is 0.879 bits per heavy atom. The van der Waals surface area contributed by atoms with Crippen LogP contribution in [0, 0.1) is 52.3 Å². The van der Waals surface area contributed by atoms with Gasteiger partial charge in [-0.25, -0.2) is 0 Å². The van der Waals surface area contributed by atoms with Crippen LogP contribution in [0.2, 0.25) is 0 Å². The summed E-state index contributed by atoms with van der Waals surface area (Å²) >= 11 is 0. The lowest BCUT2D eigenvalue weighted by Gasteiger charge is -2.61. The summed E-state index contributed by atoms with van der Waals surface area (Å²) in [7, 11) is 4.49. The zero-order chi connectivity index (χ0) is 23.9. The molecule has 33 heavy (non-hydrogen) atoms. The molecule has 1 amide bonds. The number of nitrogens with zero attached hydrogens (tertiary/aromatic N) is 2. The van der Waals surface area contributed by atoms with Crippen LogP contribution >= 0.6 is 0 Å². The first kappa shape index (κ1) is 23.8. The molecule has 4 heteroatoms. The summed E-state index contributed by atoms with van der Waals surface area (Å²) in [6.45, 7) is 12.6. The molecule has 0 aromatic rings. The SMILES string of the molecule is CC(C)[C@@H]1CN([C@H]2CC[C@@]3(C)[C@@H](CC[C@@H]4[C@@H]3CC[C@]3(C)[C@@H]([C@H](C)N(C)C)CC[C@@H]43)C2=O)C1=O. The molecule has 1 aliphatic heterocycles. The van der Waals surface area contributed by atoms with Gasteiger partial charge in [-0.2, -0.15) is 0 Å². The van der Waals surface area contributed by atoms with E-state index >= 15 is 0 Å². The minimum absolute atomic E-state index is 0.132. The van der Waals surface area contributed by atoms with Gasteiger partial charge >= 0.3 is 0 Å². The van der Waals surface area contributed by atoms with Crippen molar-refractivity contribution in [3.05, 3.63) is 0 Å². The molecular weight excluding hydrogens is 408 g/mol. The van der Waals surface area contributed by atoms with Crippen molar-refractivity contribution in [3.8, 4) is 0 Å². The van der Waals surface area contributed by atoms with Gasteiger partial charge < -0.3 is 9.80 Å². The van der Waals surface area contributed by atoms with Gasteiger partial charge in [-0.3, -0.25) is 9.59 Å². The van der Waals surface area contributed by atoms with Gasteiger partial charge in [-0.05, 0) is 113 Å². The molecule has 5 fully saturated rings. The predicted octanol–water partition coefficient (Wildman–Crippen LogP) is 5.26. The molecule has 4 nitrogen and oxygen atoms in total. The molecule has 0 unspecified atom stereocenters. The molecule has 0 aromatic carbocycles. The summed E-state index contributed by atoms with van der Waals surface area (Å²) in [5.41, 5.74) is 0.611. The third-order valence-corrected chi connectivity index (χ3v) is 12.1. The zero-order valence-corrected chi connectivity index (χ0v) is 22.3. The molecule has 0 aromatic heterocycles. The van der Waals surface area contributed by atoms with E-state index in [1.165, 1.54) is 32.1 Å². The van der Waals surface area contributed by atoms with Gasteiger partial charge in [0.2, 0.25) is 5.91 Å². The molecule has 10 atom stereocenters. The Hall–Kier alpha value is -0.900. The van der Waals surface area contributed by atoms with E-state index < -0.39 is 0 Å². The molecule has 0 spiro atoms. The molecule has 4 saturated carbocycles. The molecule has 1 saturated heterocycles. The van der Waals surface area contributed by atoms with E-state index in [2.05, 4.69) is 53.6 Å². The second-order valence-corrected chi connectivity index (χ2v) is 13.7. The van der Waals surface area contributed by atoms with Gasteiger partial charge in [0, 0.05) is 18.5 Å². The van der Waals surface area contributed by atoms with Crippen LogP contribution < -0.4 is 0 Å². The van der Waals surface area contributed by atoms with Crippen LogP contribution in [0.3, 0.4) is 0 Å². The van der Waals surface area contributed by atoms with Crippen molar-refractivity contribution in [3.63, 3.8) is 0 Å². The summed E-state index contributed by atoms with van der Waals surface area (Å²) in [5, 5.41) is 0. The van der Waals surface area contributed by atoms with Gasteiger partial charge in [0.25, 0.3) is 0 Å². The van der Waals surface area contributed by atoms with E-state index in [0.29, 0.717) is 29.1 Å². The third kappa shape index (κ3) is 3.32. The number of hydrogen-bond donors (Lipinski definition) is 0. The monoisotopic (exact) mass is 456 g/mol. The quantitative estimate of drug-likeness (QED) is 0.542. The molecule has 5 aliphatic rings. The predicted molar refractivity (Wildman–Crippen MR) is 133 cm³/mol. The number of rotatable bonds is 4. The number of fused-ring (bicyclic) bond motifs is 5. The van der Waals surface area contributed by atoms with Crippen LogP contribution in [0.25, 0.3) is 0 Å². The second kappa shape index (κ2) is 8.07. The molecule has 5 rings (SSSR count). The highest BCUT2D eigenvalue weighted by Crippen LogP contribution is 2.67. The first-order chi connectivity index (χ1) is 15.5. The molecule has 186 valence electrons. The normalized spacial score (nSPS) is 48.4. The van der Waals surface area contributed by atoms with Crippen molar-refractivity contribution >= 4 is 11.7 Å². The van der Waals surface area contributed by atoms with Crippen molar-refractivity contribution in [1.82, 2.24) is 9.80 Å². The number of likely N-dealkylation sites (tertiary alicyclic amines) is 1. The van der Waals surface area contributed by atoms with Gasteiger partial charge in [-0.1, -0.05) is 27.7 Å². The first-order valence-corrected chi connectivity index (χ1v) is 14.0. The van der Waals surface area contributed by atoms with E-state index in [4.69, 9.17) is 0 Å². The fourth-order valence-corrected chi connectivity index (χ4v) is 9.86. The largest absolute Gasteiger partial charge is 0.332 e. The summed E-state index contributed by atoms with van der Waals surface area (Å²) in [5.74, 6) is 4.47. The Bertz CT molecular complexity index is 807. The molecule has 0 radical (unpaired) electrons. The zero-order valence-electron chi connectivity index (χ0n) is 22.3. The van der Waals surface area contributed by atoms with Crippen LogP contribution in [-0.4, -0.2) is 54.2 Å². The Balaban J connectivity index is 1.33. The van der Waals surface area contributed by atoms with Gasteiger partial charge in [0.1, 0.15) is 0 Å². The average Bonchev–Trinajstić information content (AvgIpc) is 3.10. The van der Waals surface area contributed by atoms with Gasteiger partial charge in [0.05, 0.1) is 12.0 Å². The maximum atomic E-state index is 13.8. The van der Waals surface area contributed by atoms with Crippen molar-refractivity contribution < 1.29 is 9.59 Å². The number of ketones is 1. The number of amides is 1. The Labute approximate surface area is 202 Å². The number of β-lactam (4-membered cyclic amide) rings is 1. The van der Waals surface area contributed by atoms with Crippen LogP contribution in [0.4, 0.5) is 0 Å². The highest BCUT2D eigenvalue weighted by Gasteiger charge is 2.63. The van der Waals surface area contributed by atoms with Crippen molar-refractivity contribution in [2.45, 2.75) is 98.1 Å². The Morgan fingerprint density at radius 3 is 2.18 bits per heavy atom. The van der Waals surface area contributed by atoms with Crippen LogP contribution in [0.5, 0.6) is 0 Å². The van der Waals surface area contributed by atoms with E-state index in [1.54, 1.807) is 0 Å². The van der Waals surface area contributed by atoms with Crippen LogP contribution in [0.15, 0.2) is 0 Å². The lowest BCUT2D eigenvalue weighted by Crippen LogP contribution is -2.65. The summed E-state index contributed by atoms with van der Waals surface area (Å²) in [6.07, 6.45) is 9.72. The minimum Gasteiger partial charge on any atom is -0.332 e. The Morgan fingerprint density at radius 2 is 1.55 bits per heavy atom. The van der Waals surface area contributed by atoms with E-state index in [0.717, 1.165) is 43.6 Å². The van der Waals surface area contributed by atoms with E-state index in [9.17, 15) is 9.59 Å². The second-order valence-electron chi connectivity index (χ2n) is 13.7. The topological polar surface area (TPSA) is 40.6 Å². The number of Topliss-reactive ketones (excluding diaryl/α,β-unsaturated/α-hetero) is 1. The van der Waals surface area contributed by atoms with Crippen molar-refractivity contribution in [1.29, 1.82) is 0 Å². The highest BCUT2D eigenvalue weighted by molar-refractivity contribution is 5.95. The minimum atomic E-state index is -0.132. The van der Waals surface area contributed by atoms with Gasteiger partial charge in [-0.15, -0.1) is 0 Å². The summed E-state index contributed by atoms with van der Waals surface area (Å²) in [4.78, 5) is 31.0. The standard InChI is InChI=1S/C29H48N2O2/c1-17(2)20-16-31(27(20)33)25-13-15-29(5)23-12-14-28(4)21(18(3)30(6)7)10-11-22(28)19(23)8-9-24(29)26(25)32/h17-25H,8-16H2,1-7H3/t18-,19-,20-,21+,22-,23-,24-,25-,28+,29+/m0/s1. The van der Waals surface area contributed by atoms with E-state index in [1.807, 2.05) is 4.90 Å². The summed E-state index contributed by atoms with van der Waals surface area (Å²) < 4.78 is 0. The van der Waals surface area contributed by atoms with E-state index in [-0.39, 0.29) is 29.2 Å². The van der Waals surface area contributed by atoms with Crippen molar-refractivity contribution in [2.75, 3.05) is 20.6 Å². The highest BCUT2D eigenvalue weighted by atomic mass is 16.2. The molecular formula is C29H48N2O2. The summed E-state index contributed by atoms with van der Waals surface area (Å²) in [6, 6.07) is 0.511. The smallest absolute Gasteiger partial charge is 0.228 e. The fraction of sp³-hybridized carbons (Fsp3) is 0.931. The van der Waals surface area contributed by atoms with Gasteiger partial charge in [0.15, 0.2) is 5.78 Å². The first-order valence-electron chi connectivity index (χ1n) is 14.0. The Kier molecular flexibility index (Phi) is 5.82. The van der Waals surface area contributed by atoms with Crippen LogP contribution in [-0.2, 0) is 9.59 Å².